The van der Waals surface area contributed by atoms with Crippen LogP contribution in [0.2, 0.25) is 0 Å². The maximum absolute atomic E-state index is 12.6. The molecule has 0 bridgehead atoms. The Morgan fingerprint density at radius 1 is 1.38 bits per heavy atom. The predicted octanol–water partition coefficient (Wildman–Crippen LogP) is 3.93. The summed E-state index contributed by atoms with van der Waals surface area (Å²) in [4.78, 5) is 15.8. The number of alkyl halides is 4. The van der Waals surface area contributed by atoms with Gasteiger partial charge in [-0.2, -0.15) is 13.2 Å². The number of rotatable bonds is 4. The van der Waals surface area contributed by atoms with E-state index in [0.29, 0.717) is 17.1 Å². The van der Waals surface area contributed by atoms with Crippen LogP contribution in [0.1, 0.15) is 16.0 Å². The van der Waals surface area contributed by atoms with E-state index in [2.05, 4.69) is 10.3 Å². The molecule has 0 saturated carbocycles. The molecule has 1 aromatic carbocycles. The fraction of sp³-hybridized carbons (Fsp3) is 0.231. The molecule has 3 nitrogen and oxygen atoms in total. The van der Waals surface area contributed by atoms with Crippen LogP contribution in [0.15, 0.2) is 30.5 Å². The van der Waals surface area contributed by atoms with Crippen LogP contribution in [0.5, 0.6) is 0 Å². The van der Waals surface area contributed by atoms with Crippen molar-refractivity contribution in [3.05, 3.63) is 46.5 Å². The maximum atomic E-state index is 12.6. The van der Waals surface area contributed by atoms with Crippen LogP contribution in [0.4, 0.5) is 18.3 Å². The zero-order valence-corrected chi connectivity index (χ0v) is 12.1. The van der Waals surface area contributed by atoms with Crippen molar-refractivity contribution in [2.24, 2.45) is 0 Å². The lowest BCUT2D eigenvalue weighted by Gasteiger charge is -2.07. The Balaban J connectivity index is 2.10. The summed E-state index contributed by atoms with van der Waals surface area (Å²) in [5.41, 5.74) is -0.149. The van der Waals surface area contributed by atoms with Crippen LogP contribution >= 0.6 is 22.9 Å². The van der Waals surface area contributed by atoms with Gasteiger partial charge in [0.2, 0.25) is 5.91 Å². The fourth-order valence-electron chi connectivity index (χ4n) is 1.66. The van der Waals surface area contributed by atoms with Gasteiger partial charge in [0, 0.05) is 17.5 Å². The van der Waals surface area contributed by atoms with E-state index in [1.165, 1.54) is 23.6 Å². The fourth-order valence-corrected chi connectivity index (χ4v) is 2.59. The average molecular weight is 335 g/mol. The second-order valence-corrected chi connectivity index (χ2v) is 5.57. The molecule has 8 heteroatoms. The van der Waals surface area contributed by atoms with Crippen LogP contribution < -0.4 is 5.32 Å². The quantitative estimate of drug-likeness (QED) is 0.861. The van der Waals surface area contributed by atoms with Crippen molar-refractivity contribution in [3.8, 4) is 0 Å². The Kier molecular flexibility index (Phi) is 4.84. The van der Waals surface area contributed by atoms with Gasteiger partial charge < -0.3 is 5.32 Å². The number of hydrogen-bond donors (Lipinski definition) is 1. The first-order valence-corrected chi connectivity index (χ1v) is 7.20. The number of carbonyl (C=O) groups is 1. The molecular weight excluding hydrogens is 325 g/mol. The first kappa shape index (κ1) is 15.8. The summed E-state index contributed by atoms with van der Waals surface area (Å²) in [6, 6.07) is 5.13. The van der Waals surface area contributed by atoms with E-state index in [0.717, 1.165) is 17.0 Å². The summed E-state index contributed by atoms with van der Waals surface area (Å²) >= 11 is 6.56. The Bertz CT molecular complexity index is 642. The largest absolute Gasteiger partial charge is 0.416 e. The van der Waals surface area contributed by atoms with Crippen LogP contribution in [-0.2, 0) is 17.4 Å². The second kappa shape index (κ2) is 6.44. The van der Waals surface area contributed by atoms with E-state index < -0.39 is 11.7 Å². The average Bonchev–Trinajstić information content (AvgIpc) is 2.85. The summed E-state index contributed by atoms with van der Waals surface area (Å²) < 4.78 is 37.9. The zero-order valence-electron chi connectivity index (χ0n) is 10.6. The van der Waals surface area contributed by atoms with Crippen molar-refractivity contribution in [1.29, 1.82) is 0 Å². The van der Waals surface area contributed by atoms with Crippen molar-refractivity contribution >= 4 is 34.0 Å². The number of hydrogen-bond acceptors (Lipinski definition) is 3. The molecule has 1 N–H and O–H groups in total. The highest BCUT2D eigenvalue weighted by molar-refractivity contribution is 7.15. The molecule has 2 aromatic rings. The molecule has 0 aliphatic rings. The van der Waals surface area contributed by atoms with Crippen LogP contribution in [-0.4, -0.2) is 16.8 Å². The molecule has 0 radical (unpaired) electrons. The third-order valence-electron chi connectivity index (χ3n) is 2.55. The minimum Gasteiger partial charge on any atom is -0.301 e. The van der Waals surface area contributed by atoms with E-state index in [1.807, 2.05) is 0 Å². The van der Waals surface area contributed by atoms with E-state index in [9.17, 15) is 18.0 Å². The predicted molar refractivity (Wildman–Crippen MR) is 75.7 cm³/mol. The first-order valence-electron chi connectivity index (χ1n) is 5.85. The molecule has 0 aliphatic carbocycles. The van der Waals surface area contributed by atoms with Crippen LogP contribution in [0.25, 0.3) is 0 Å². The minimum absolute atomic E-state index is 0.178. The number of carbonyl (C=O) groups excluding carboxylic acids is 1. The number of benzene rings is 1. The molecule has 0 atom stereocenters. The third-order valence-corrected chi connectivity index (χ3v) is 3.71. The monoisotopic (exact) mass is 334 g/mol. The Labute approximate surface area is 127 Å². The van der Waals surface area contributed by atoms with Crippen LogP contribution in [0.3, 0.4) is 0 Å². The zero-order chi connectivity index (χ0) is 15.5. The highest BCUT2D eigenvalue weighted by atomic mass is 35.5. The molecule has 0 unspecified atom stereocenters. The number of anilines is 1. The summed E-state index contributed by atoms with van der Waals surface area (Å²) in [7, 11) is 0. The first-order chi connectivity index (χ1) is 9.88. The van der Waals surface area contributed by atoms with E-state index in [1.54, 1.807) is 6.07 Å². The number of thiazole rings is 1. The normalized spacial score (nSPS) is 11.4. The van der Waals surface area contributed by atoms with E-state index in [4.69, 9.17) is 11.6 Å². The van der Waals surface area contributed by atoms with Crippen molar-refractivity contribution < 1.29 is 18.0 Å². The number of amides is 1. The molecule has 1 amide bonds. The van der Waals surface area contributed by atoms with Crippen molar-refractivity contribution in [2.45, 2.75) is 12.6 Å². The Morgan fingerprint density at radius 2 is 2.14 bits per heavy atom. The van der Waals surface area contributed by atoms with Gasteiger partial charge in [0.25, 0.3) is 0 Å². The SMILES string of the molecule is O=C(CCl)Nc1ncc(Cc2cccc(C(F)(F)F)c2)s1. The summed E-state index contributed by atoms with van der Waals surface area (Å²) in [6.45, 7) is 0. The van der Waals surface area contributed by atoms with E-state index in [-0.39, 0.29) is 11.8 Å². The highest BCUT2D eigenvalue weighted by Crippen LogP contribution is 2.30. The minimum atomic E-state index is -4.36. The standard InChI is InChI=1S/C13H10ClF3N2OS/c14-6-11(20)19-12-18-7-10(21-12)5-8-2-1-3-9(4-8)13(15,16)17/h1-4,7H,5-6H2,(H,18,19,20). The summed E-state index contributed by atoms with van der Waals surface area (Å²) in [5.74, 6) is -0.556. The van der Waals surface area contributed by atoms with Gasteiger partial charge in [0.1, 0.15) is 5.88 Å². The molecule has 0 fully saturated rings. The maximum Gasteiger partial charge on any atom is 0.416 e. The number of aromatic nitrogens is 1. The topological polar surface area (TPSA) is 42.0 Å². The highest BCUT2D eigenvalue weighted by Gasteiger charge is 2.30. The molecule has 0 saturated heterocycles. The molecule has 2 rings (SSSR count). The molecule has 1 aromatic heterocycles. The molecular formula is C13H10ClF3N2OS. The number of halogens is 4. The lowest BCUT2D eigenvalue weighted by Crippen LogP contribution is -2.11. The smallest absolute Gasteiger partial charge is 0.301 e. The van der Waals surface area contributed by atoms with Crippen molar-refractivity contribution in [3.63, 3.8) is 0 Å². The Hall–Kier alpha value is -1.60. The van der Waals surface area contributed by atoms with Crippen LogP contribution in [0, 0.1) is 0 Å². The van der Waals surface area contributed by atoms with Gasteiger partial charge >= 0.3 is 6.18 Å². The molecule has 1 heterocycles. The van der Waals surface area contributed by atoms with Gasteiger partial charge in [-0.3, -0.25) is 4.79 Å². The Morgan fingerprint density at radius 3 is 2.81 bits per heavy atom. The number of nitrogens with zero attached hydrogens (tertiary/aromatic N) is 1. The third kappa shape index (κ3) is 4.44. The van der Waals surface area contributed by atoms with Gasteiger partial charge in [-0.15, -0.1) is 22.9 Å². The van der Waals surface area contributed by atoms with E-state index >= 15 is 0 Å². The summed E-state index contributed by atoms with van der Waals surface area (Å²) in [5, 5.41) is 2.87. The van der Waals surface area contributed by atoms with Crippen molar-refractivity contribution in [2.75, 3.05) is 11.2 Å². The van der Waals surface area contributed by atoms with Gasteiger partial charge in [-0.05, 0) is 11.6 Å². The molecule has 21 heavy (non-hydrogen) atoms. The second-order valence-electron chi connectivity index (χ2n) is 4.19. The van der Waals surface area contributed by atoms with Gasteiger partial charge in [0.05, 0.1) is 5.56 Å². The van der Waals surface area contributed by atoms with Gasteiger partial charge in [0.15, 0.2) is 5.13 Å². The lowest BCUT2D eigenvalue weighted by molar-refractivity contribution is -0.137. The molecule has 112 valence electrons. The molecule has 0 spiro atoms. The van der Waals surface area contributed by atoms with Crippen molar-refractivity contribution in [1.82, 2.24) is 4.98 Å². The summed E-state index contributed by atoms with van der Waals surface area (Å²) in [6.07, 6.45) is -2.52. The number of nitrogens with one attached hydrogen (secondary N) is 1. The van der Waals surface area contributed by atoms with Gasteiger partial charge in [-0.1, -0.05) is 18.2 Å². The lowest BCUT2D eigenvalue weighted by atomic mass is 10.1. The molecule has 0 aliphatic heterocycles. The van der Waals surface area contributed by atoms with Gasteiger partial charge in [-0.25, -0.2) is 4.98 Å².